The minimum atomic E-state index is -0.260. The molecular weight excluding hydrogens is 228 g/mol. The Morgan fingerprint density at radius 3 is 2.78 bits per heavy atom. The summed E-state index contributed by atoms with van der Waals surface area (Å²) in [6.45, 7) is 4.07. The second-order valence-corrected chi connectivity index (χ2v) is 4.16. The second-order valence-electron chi connectivity index (χ2n) is 4.16. The molecule has 2 aromatic heterocycles. The molecule has 2 aromatic rings. The third kappa shape index (κ3) is 2.88. The van der Waals surface area contributed by atoms with Gasteiger partial charge in [0.2, 0.25) is 5.95 Å². The highest BCUT2D eigenvalue weighted by molar-refractivity contribution is 6.03. The van der Waals surface area contributed by atoms with Crippen LogP contribution in [-0.2, 0) is 0 Å². The van der Waals surface area contributed by atoms with Gasteiger partial charge in [-0.2, -0.15) is 0 Å². The van der Waals surface area contributed by atoms with Crippen molar-refractivity contribution in [3.05, 3.63) is 48.0 Å². The molecule has 2 heterocycles. The van der Waals surface area contributed by atoms with Gasteiger partial charge in [0, 0.05) is 24.3 Å². The first-order valence-corrected chi connectivity index (χ1v) is 5.71. The molecule has 0 bridgehead atoms. The summed E-state index contributed by atoms with van der Waals surface area (Å²) in [6.07, 6.45) is 4.76. The van der Waals surface area contributed by atoms with Crippen LogP contribution < -0.4 is 5.32 Å². The number of amides is 1. The lowest BCUT2D eigenvalue weighted by atomic mass is 10.1. The van der Waals surface area contributed by atoms with Gasteiger partial charge in [-0.1, -0.05) is 13.8 Å². The van der Waals surface area contributed by atoms with E-state index in [1.54, 1.807) is 24.5 Å². The SMILES string of the molecule is CC(C)c1ccnc(NC(=O)c2cccnc2)n1. The predicted molar refractivity (Wildman–Crippen MR) is 68.3 cm³/mol. The zero-order valence-corrected chi connectivity index (χ0v) is 10.3. The summed E-state index contributed by atoms with van der Waals surface area (Å²) in [5.74, 6) is 0.348. The smallest absolute Gasteiger partial charge is 0.259 e. The van der Waals surface area contributed by atoms with E-state index in [2.05, 4.69) is 20.3 Å². The van der Waals surface area contributed by atoms with Crippen LogP contribution in [0.2, 0.25) is 0 Å². The third-order valence-corrected chi connectivity index (χ3v) is 2.42. The molecule has 0 atom stereocenters. The number of nitrogens with one attached hydrogen (secondary N) is 1. The molecule has 1 N–H and O–H groups in total. The van der Waals surface area contributed by atoms with Crippen molar-refractivity contribution in [1.82, 2.24) is 15.0 Å². The van der Waals surface area contributed by atoms with Gasteiger partial charge >= 0.3 is 0 Å². The van der Waals surface area contributed by atoms with E-state index in [1.165, 1.54) is 6.20 Å². The van der Waals surface area contributed by atoms with E-state index in [-0.39, 0.29) is 5.91 Å². The summed E-state index contributed by atoms with van der Waals surface area (Å²) in [4.78, 5) is 24.1. The highest BCUT2D eigenvalue weighted by Gasteiger charge is 2.08. The number of aromatic nitrogens is 3. The maximum atomic E-state index is 11.9. The minimum Gasteiger partial charge on any atom is -0.290 e. The standard InChI is InChI=1S/C13H14N4O/c1-9(2)11-5-7-15-13(16-11)17-12(18)10-4-3-6-14-8-10/h3-9H,1-2H3,(H,15,16,17,18). The molecule has 0 aliphatic heterocycles. The van der Waals surface area contributed by atoms with E-state index < -0.39 is 0 Å². The van der Waals surface area contributed by atoms with Crippen LogP contribution >= 0.6 is 0 Å². The van der Waals surface area contributed by atoms with Gasteiger partial charge < -0.3 is 0 Å². The van der Waals surface area contributed by atoms with Gasteiger partial charge in [-0.25, -0.2) is 9.97 Å². The van der Waals surface area contributed by atoms with Crippen molar-refractivity contribution in [1.29, 1.82) is 0 Å². The molecule has 2 rings (SSSR count). The van der Waals surface area contributed by atoms with Crippen molar-refractivity contribution in [2.75, 3.05) is 5.32 Å². The first-order valence-electron chi connectivity index (χ1n) is 5.71. The third-order valence-electron chi connectivity index (χ3n) is 2.42. The number of carbonyl (C=O) groups excluding carboxylic acids is 1. The van der Waals surface area contributed by atoms with Gasteiger partial charge in [0.25, 0.3) is 5.91 Å². The molecule has 0 aliphatic rings. The maximum Gasteiger partial charge on any atom is 0.259 e. The fourth-order valence-corrected chi connectivity index (χ4v) is 1.43. The zero-order chi connectivity index (χ0) is 13.0. The molecule has 0 unspecified atom stereocenters. The number of anilines is 1. The average Bonchev–Trinajstić information content (AvgIpc) is 2.40. The van der Waals surface area contributed by atoms with Crippen LogP contribution in [0.5, 0.6) is 0 Å². The molecule has 92 valence electrons. The number of nitrogens with zero attached hydrogens (tertiary/aromatic N) is 3. The van der Waals surface area contributed by atoms with Gasteiger partial charge in [-0.05, 0) is 24.1 Å². The predicted octanol–water partition coefficient (Wildman–Crippen LogP) is 2.25. The highest BCUT2D eigenvalue weighted by Crippen LogP contribution is 2.12. The van der Waals surface area contributed by atoms with Crippen molar-refractivity contribution in [3.8, 4) is 0 Å². The van der Waals surface area contributed by atoms with Crippen molar-refractivity contribution < 1.29 is 4.79 Å². The van der Waals surface area contributed by atoms with E-state index in [0.29, 0.717) is 17.4 Å². The van der Waals surface area contributed by atoms with E-state index in [0.717, 1.165) is 5.69 Å². The number of hydrogen-bond acceptors (Lipinski definition) is 4. The normalized spacial score (nSPS) is 10.4. The van der Waals surface area contributed by atoms with Gasteiger partial charge in [0.05, 0.1) is 5.56 Å². The Bertz CT molecular complexity index is 540. The Balaban J connectivity index is 2.15. The number of rotatable bonds is 3. The molecule has 5 heteroatoms. The molecular formula is C13H14N4O. The molecule has 1 amide bonds. The monoisotopic (exact) mass is 242 g/mol. The van der Waals surface area contributed by atoms with Crippen LogP contribution in [0, 0.1) is 0 Å². The molecule has 0 saturated heterocycles. The van der Waals surface area contributed by atoms with E-state index in [9.17, 15) is 4.79 Å². The Morgan fingerprint density at radius 1 is 1.28 bits per heavy atom. The molecule has 0 radical (unpaired) electrons. The van der Waals surface area contributed by atoms with Crippen molar-refractivity contribution in [2.45, 2.75) is 19.8 Å². The molecule has 5 nitrogen and oxygen atoms in total. The van der Waals surface area contributed by atoms with Gasteiger partial charge in [0.1, 0.15) is 0 Å². The Kier molecular flexibility index (Phi) is 3.62. The Hall–Kier alpha value is -2.30. The fraction of sp³-hybridized carbons (Fsp3) is 0.231. The van der Waals surface area contributed by atoms with E-state index >= 15 is 0 Å². The molecule has 0 spiro atoms. The molecule has 18 heavy (non-hydrogen) atoms. The fourth-order valence-electron chi connectivity index (χ4n) is 1.43. The summed E-state index contributed by atoms with van der Waals surface area (Å²) < 4.78 is 0. The van der Waals surface area contributed by atoms with Crippen LogP contribution in [-0.4, -0.2) is 20.9 Å². The van der Waals surface area contributed by atoms with Crippen molar-refractivity contribution in [3.63, 3.8) is 0 Å². The Labute approximate surface area is 105 Å². The first-order chi connectivity index (χ1) is 8.66. The van der Waals surface area contributed by atoms with Gasteiger partial charge in [-0.3, -0.25) is 15.1 Å². The largest absolute Gasteiger partial charge is 0.290 e. The van der Waals surface area contributed by atoms with E-state index in [1.807, 2.05) is 19.9 Å². The van der Waals surface area contributed by atoms with Crippen LogP contribution in [0.4, 0.5) is 5.95 Å². The average molecular weight is 242 g/mol. The summed E-state index contributed by atoms with van der Waals surface area (Å²) in [5, 5.41) is 2.65. The number of hydrogen-bond donors (Lipinski definition) is 1. The van der Waals surface area contributed by atoms with Gasteiger partial charge in [0.15, 0.2) is 0 Å². The zero-order valence-electron chi connectivity index (χ0n) is 10.3. The lowest BCUT2D eigenvalue weighted by Crippen LogP contribution is -2.15. The quantitative estimate of drug-likeness (QED) is 0.896. The molecule has 0 fully saturated rings. The number of pyridine rings is 1. The lowest BCUT2D eigenvalue weighted by molar-refractivity contribution is 0.102. The summed E-state index contributed by atoms with van der Waals surface area (Å²) in [7, 11) is 0. The minimum absolute atomic E-state index is 0.260. The topological polar surface area (TPSA) is 67.8 Å². The molecule has 0 saturated carbocycles. The lowest BCUT2D eigenvalue weighted by Gasteiger charge is -2.07. The summed E-state index contributed by atoms with van der Waals surface area (Å²) in [6, 6.07) is 5.24. The highest BCUT2D eigenvalue weighted by atomic mass is 16.1. The maximum absolute atomic E-state index is 11.9. The van der Waals surface area contributed by atoms with Crippen LogP contribution in [0.3, 0.4) is 0 Å². The van der Waals surface area contributed by atoms with Crippen LogP contribution in [0.15, 0.2) is 36.8 Å². The second kappa shape index (κ2) is 5.35. The molecule has 0 aromatic carbocycles. The first kappa shape index (κ1) is 12.2. The number of carbonyl (C=O) groups is 1. The van der Waals surface area contributed by atoms with Crippen LogP contribution in [0.1, 0.15) is 35.8 Å². The van der Waals surface area contributed by atoms with Gasteiger partial charge in [-0.15, -0.1) is 0 Å². The Morgan fingerprint density at radius 2 is 2.11 bits per heavy atom. The summed E-state index contributed by atoms with van der Waals surface area (Å²) in [5.41, 5.74) is 1.38. The molecule has 0 aliphatic carbocycles. The van der Waals surface area contributed by atoms with Crippen molar-refractivity contribution in [2.24, 2.45) is 0 Å². The van der Waals surface area contributed by atoms with Crippen LogP contribution in [0.25, 0.3) is 0 Å². The summed E-state index contributed by atoms with van der Waals surface area (Å²) >= 11 is 0. The van der Waals surface area contributed by atoms with Crippen molar-refractivity contribution >= 4 is 11.9 Å². The van der Waals surface area contributed by atoms with E-state index in [4.69, 9.17) is 0 Å².